The predicted molar refractivity (Wildman–Crippen MR) is 68.6 cm³/mol. The normalized spacial score (nSPS) is 25.1. The quantitative estimate of drug-likeness (QED) is 0.872. The van der Waals surface area contributed by atoms with Crippen molar-refractivity contribution in [2.75, 3.05) is 12.3 Å². The van der Waals surface area contributed by atoms with Crippen LogP contribution in [0.25, 0.3) is 0 Å². The minimum atomic E-state index is -3.06. The molecule has 2 rings (SSSR count). The highest BCUT2D eigenvalue weighted by Crippen LogP contribution is 2.26. The van der Waals surface area contributed by atoms with Crippen molar-refractivity contribution in [1.29, 1.82) is 0 Å². The van der Waals surface area contributed by atoms with Crippen molar-refractivity contribution in [3.05, 3.63) is 34.9 Å². The highest BCUT2D eigenvalue weighted by atomic mass is 35.5. The van der Waals surface area contributed by atoms with Crippen LogP contribution in [0, 0.1) is 0 Å². The minimum Gasteiger partial charge on any atom is -0.256 e. The van der Waals surface area contributed by atoms with Gasteiger partial charge < -0.3 is 0 Å². The lowest BCUT2D eigenvalue weighted by Crippen LogP contribution is -2.31. The molecule has 2 atom stereocenters. The maximum absolute atomic E-state index is 11.9. The van der Waals surface area contributed by atoms with Crippen LogP contribution in [0.2, 0.25) is 5.02 Å². The van der Waals surface area contributed by atoms with Crippen LogP contribution in [0.1, 0.15) is 18.5 Å². The third-order valence-corrected chi connectivity index (χ3v) is 5.44. The fraction of sp³-hybridized carbons (Fsp3) is 0.455. The molecule has 0 aliphatic carbocycles. The average molecular weight is 275 g/mol. The van der Waals surface area contributed by atoms with Crippen molar-refractivity contribution in [2.24, 2.45) is 0 Å². The van der Waals surface area contributed by atoms with Crippen LogP contribution in [-0.4, -0.2) is 26.0 Å². The van der Waals surface area contributed by atoms with E-state index >= 15 is 0 Å². The SMILES string of the molecule is CCS(=O)(=O)C1CNNC1c1ccc(Cl)cc1. The van der Waals surface area contributed by atoms with Crippen LogP contribution in [-0.2, 0) is 9.84 Å². The zero-order valence-electron chi connectivity index (χ0n) is 9.48. The molecule has 4 nitrogen and oxygen atoms in total. The standard InChI is InChI=1S/C11H15ClN2O2S/c1-2-17(15,16)10-7-13-14-11(10)8-3-5-9(12)6-4-8/h3-6,10-11,13-14H,2,7H2,1H3. The first kappa shape index (κ1) is 12.8. The summed E-state index contributed by atoms with van der Waals surface area (Å²) in [6.45, 7) is 2.11. The Hall–Kier alpha value is -0.620. The summed E-state index contributed by atoms with van der Waals surface area (Å²) in [5.74, 6) is 0.158. The summed E-state index contributed by atoms with van der Waals surface area (Å²) in [5, 5.41) is 0.225. The number of nitrogens with one attached hydrogen (secondary N) is 2. The van der Waals surface area contributed by atoms with Gasteiger partial charge >= 0.3 is 0 Å². The smallest absolute Gasteiger partial charge is 0.156 e. The lowest BCUT2D eigenvalue weighted by Gasteiger charge is -2.18. The Labute approximate surface area is 106 Å². The number of hydrazine groups is 1. The van der Waals surface area contributed by atoms with Crippen LogP contribution in [0.15, 0.2) is 24.3 Å². The van der Waals surface area contributed by atoms with Crippen molar-refractivity contribution >= 4 is 21.4 Å². The Kier molecular flexibility index (Phi) is 3.73. The number of hydrogen-bond acceptors (Lipinski definition) is 4. The van der Waals surface area contributed by atoms with Crippen molar-refractivity contribution in [2.45, 2.75) is 18.2 Å². The molecule has 1 aliphatic heterocycles. The molecule has 0 aromatic heterocycles. The number of halogens is 1. The summed E-state index contributed by atoms with van der Waals surface area (Å²) in [4.78, 5) is 0. The Balaban J connectivity index is 2.29. The molecule has 94 valence electrons. The second kappa shape index (κ2) is 4.94. The molecule has 0 amide bonds. The van der Waals surface area contributed by atoms with Gasteiger partial charge in [0, 0.05) is 17.3 Å². The molecule has 0 saturated carbocycles. The molecule has 0 spiro atoms. The second-order valence-corrected chi connectivity index (χ2v) is 6.99. The third kappa shape index (κ3) is 2.63. The van der Waals surface area contributed by atoms with Gasteiger partial charge in [0.15, 0.2) is 9.84 Å². The maximum Gasteiger partial charge on any atom is 0.156 e. The molecule has 17 heavy (non-hydrogen) atoms. The first-order chi connectivity index (χ1) is 8.04. The summed E-state index contributed by atoms with van der Waals surface area (Å²) in [6.07, 6.45) is 0. The van der Waals surface area contributed by atoms with E-state index in [1.54, 1.807) is 19.1 Å². The number of hydrogen-bond donors (Lipinski definition) is 2. The van der Waals surface area contributed by atoms with Crippen LogP contribution >= 0.6 is 11.6 Å². The molecule has 2 unspecified atom stereocenters. The van der Waals surface area contributed by atoms with E-state index in [0.717, 1.165) is 5.56 Å². The van der Waals surface area contributed by atoms with E-state index in [-0.39, 0.29) is 11.8 Å². The summed E-state index contributed by atoms with van der Waals surface area (Å²) in [5.41, 5.74) is 6.86. The van der Waals surface area contributed by atoms with Crippen molar-refractivity contribution < 1.29 is 8.42 Å². The Bertz CT molecular complexity index is 487. The Morgan fingerprint density at radius 3 is 2.59 bits per heavy atom. The molecule has 0 bridgehead atoms. The lowest BCUT2D eigenvalue weighted by molar-refractivity contribution is 0.554. The molecular formula is C11H15ClN2O2S. The van der Waals surface area contributed by atoms with Crippen molar-refractivity contribution in [3.8, 4) is 0 Å². The van der Waals surface area contributed by atoms with Crippen LogP contribution < -0.4 is 10.9 Å². The molecule has 1 aromatic rings. The molecule has 0 radical (unpaired) electrons. The van der Waals surface area contributed by atoms with E-state index in [1.807, 2.05) is 12.1 Å². The highest BCUT2D eigenvalue weighted by Gasteiger charge is 2.37. The van der Waals surface area contributed by atoms with Gasteiger partial charge in [-0.1, -0.05) is 30.7 Å². The summed E-state index contributed by atoms with van der Waals surface area (Å²) in [6, 6.07) is 7.03. The van der Waals surface area contributed by atoms with E-state index in [0.29, 0.717) is 11.6 Å². The maximum atomic E-state index is 11.9. The number of benzene rings is 1. The van der Waals surface area contributed by atoms with Gasteiger partial charge in [-0.15, -0.1) is 0 Å². The van der Waals surface area contributed by atoms with E-state index < -0.39 is 15.1 Å². The van der Waals surface area contributed by atoms with Gasteiger partial charge in [-0.3, -0.25) is 5.43 Å². The minimum absolute atomic E-state index is 0.158. The van der Waals surface area contributed by atoms with Gasteiger partial charge in [-0.25, -0.2) is 13.8 Å². The largest absolute Gasteiger partial charge is 0.256 e. The molecule has 2 N–H and O–H groups in total. The lowest BCUT2D eigenvalue weighted by atomic mass is 10.1. The molecule has 1 aromatic carbocycles. The number of sulfone groups is 1. The molecular weight excluding hydrogens is 260 g/mol. The van der Waals surface area contributed by atoms with Crippen LogP contribution in [0.3, 0.4) is 0 Å². The van der Waals surface area contributed by atoms with E-state index in [1.165, 1.54) is 0 Å². The molecule has 1 fully saturated rings. The van der Waals surface area contributed by atoms with Gasteiger partial charge in [0.25, 0.3) is 0 Å². The highest BCUT2D eigenvalue weighted by molar-refractivity contribution is 7.92. The van der Waals surface area contributed by atoms with E-state index in [4.69, 9.17) is 11.6 Å². The second-order valence-electron chi connectivity index (χ2n) is 4.04. The predicted octanol–water partition coefficient (Wildman–Crippen LogP) is 1.29. The van der Waals surface area contributed by atoms with Crippen molar-refractivity contribution in [1.82, 2.24) is 10.9 Å². The summed E-state index contributed by atoms with van der Waals surface area (Å²) < 4.78 is 23.9. The number of rotatable bonds is 3. The zero-order valence-corrected chi connectivity index (χ0v) is 11.1. The van der Waals surface area contributed by atoms with Crippen LogP contribution in [0.4, 0.5) is 0 Å². The first-order valence-electron chi connectivity index (χ1n) is 5.50. The third-order valence-electron chi connectivity index (χ3n) is 3.03. The monoisotopic (exact) mass is 274 g/mol. The van der Waals surface area contributed by atoms with Gasteiger partial charge in [0.2, 0.25) is 0 Å². The van der Waals surface area contributed by atoms with Gasteiger partial charge in [0.1, 0.15) is 0 Å². The fourth-order valence-corrected chi connectivity index (χ4v) is 3.53. The molecule has 1 aliphatic rings. The zero-order chi connectivity index (χ0) is 12.5. The van der Waals surface area contributed by atoms with Gasteiger partial charge in [-0.05, 0) is 17.7 Å². The van der Waals surface area contributed by atoms with Crippen LogP contribution in [0.5, 0.6) is 0 Å². The molecule has 1 saturated heterocycles. The average Bonchev–Trinajstić information content (AvgIpc) is 2.80. The van der Waals surface area contributed by atoms with E-state index in [9.17, 15) is 8.42 Å². The first-order valence-corrected chi connectivity index (χ1v) is 7.59. The fourth-order valence-electron chi connectivity index (χ4n) is 2.00. The van der Waals surface area contributed by atoms with Gasteiger partial charge in [0.05, 0.1) is 11.3 Å². The molecule has 1 heterocycles. The van der Waals surface area contributed by atoms with Crippen molar-refractivity contribution in [3.63, 3.8) is 0 Å². The summed E-state index contributed by atoms with van der Waals surface area (Å²) in [7, 11) is -3.06. The summed E-state index contributed by atoms with van der Waals surface area (Å²) >= 11 is 5.82. The molecule has 6 heteroatoms. The Morgan fingerprint density at radius 1 is 1.35 bits per heavy atom. The Morgan fingerprint density at radius 2 is 2.00 bits per heavy atom. The van der Waals surface area contributed by atoms with Gasteiger partial charge in [-0.2, -0.15) is 0 Å². The topological polar surface area (TPSA) is 58.2 Å². The van der Waals surface area contributed by atoms with E-state index in [2.05, 4.69) is 10.9 Å².